The first-order valence-electron chi connectivity index (χ1n) is 13.1. The number of rotatable bonds is 7. The molecule has 4 aromatic rings. The maximum absolute atomic E-state index is 12.9. The van der Waals surface area contributed by atoms with Gasteiger partial charge in [0.15, 0.2) is 28.8 Å². The van der Waals surface area contributed by atoms with Crippen LogP contribution >= 0.6 is 0 Å². The number of esters is 1. The predicted octanol–water partition coefficient (Wildman–Crippen LogP) is 1.14. The molecular weight excluding hydrogens is 600 g/mol. The topological polar surface area (TPSA) is 257 Å². The third-order valence-electron chi connectivity index (χ3n) is 6.92. The van der Waals surface area contributed by atoms with Crippen molar-refractivity contribution in [1.29, 1.82) is 0 Å². The van der Waals surface area contributed by atoms with E-state index in [0.29, 0.717) is 5.56 Å². The van der Waals surface area contributed by atoms with Crippen molar-refractivity contribution in [2.45, 2.75) is 30.7 Å². The molecule has 5 unspecified atom stereocenters. The maximum atomic E-state index is 12.9. The first-order valence-corrected chi connectivity index (χ1v) is 13.1. The molecule has 5 rings (SSSR count). The van der Waals surface area contributed by atoms with Crippen molar-refractivity contribution in [2.75, 3.05) is 6.61 Å². The number of phenolic OH excluding ortho intramolecular Hbond substituents is 5. The molecule has 5 atom stereocenters. The van der Waals surface area contributed by atoms with E-state index in [1.807, 2.05) is 0 Å². The Balaban J connectivity index is 1.38. The zero-order chi connectivity index (χ0) is 32.6. The van der Waals surface area contributed by atoms with Crippen LogP contribution in [-0.2, 0) is 14.3 Å². The van der Waals surface area contributed by atoms with Crippen molar-refractivity contribution < 1.29 is 69.4 Å². The van der Waals surface area contributed by atoms with Gasteiger partial charge in [-0.2, -0.15) is 0 Å². The average molecular weight is 627 g/mol. The lowest BCUT2D eigenvalue weighted by atomic mass is 9.99. The monoisotopic (exact) mass is 626 g/mol. The highest BCUT2D eigenvalue weighted by Crippen LogP contribution is 2.44. The van der Waals surface area contributed by atoms with Gasteiger partial charge in [0.1, 0.15) is 47.7 Å². The molecule has 45 heavy (non-hydrogen) atoms. The Morgan fingerprint density at radius 3 is 2.22 bits per heavy atom. The van der Waals surface area contributed by atoms with Gasteiger partial charge in [-0.15, -0.1) is 0 Å². The number of benzene rings is 3. The molecule has 1 aromatic heterocycles. The van der Waals surface area contributed by atoms with Crippen LogP contribution in [0.15, 0.2) is 63.8 Å². The van der Waals surface area contributed by atoms with Gasteiger partial charge >= 0.3 is 5.97 Å². The lowest BCUT2D eigenvalue weighted by Gasteiger charge is -2.39. The summed E-state index contributed by atoms with van der Waals surface area (Å²) in [4.78, 5) is 25.1. The van der Waals surface area contributed by atoms with Crippen molar-refractivity contribution in [1.82, 2.24) is 0 Å². The number of hydrogen-bond donors (Lipinski definition) is 9. The van der Waals surface area contributed by atoms with Gasteiger partial charge in [0.2, 0.25) is 23.2 Å². The Kier molecular flexibility index (Phi) is 8.43. The van der Waals surface area contributed by atoms with Crippen LogP contribution in [0.5, 0.6) is 40.2 Å². The van der Waals surface area contributed by atoms with E-state index in [1.54, 1.807) is 12.1 Å². The Hall–Kier alpha value is -5.48. The molecule has 15 heteroatoms. The highest BCUT2D eigenvalue weighted by Gasteiger charge is 2.46. The minimum atomic E-state index is -1.93. The summed E-state index contributed by atoms with van der Waals surface area (Å²) in [5, 5.41) is 90.9. The van der Waals surface area contributed by atoms with E-state index >= 15 is 0 Å². The summed E-state index contributed by atoms with van der Waals surface area (Å²) in [5.41, 5.74) is -1.09. The van der Waals surface area contributed by atoms with E-state index in [4.69, 9.17) is 18.6 Å². The lowest BCUT2D eigenvalue weighted by Crippen LogP contribution is -2.60. The van der Waals surface area contributed by atoms with Gasteiger partial charge in [-0.25, -0.2) is 4.79 Å². The van der Waals surface area contributed by atoms with Gasteiger partial charge in [-0.3, -0.25) is 4.79 Å². The largest absolute Gasteiger partial charge is 0.508 e. The summed E-state index contributed by atoms with van der Waals surface area (Å²) in [6.07, 6.45) is -6.39. The van der Waals surface area contributed by atoms with E-state index in [0.717, 1.165) is 24.3 Å². The Morgan fingerprint density at radius 1 is 0.822 bits per heavy atom. The number of fused-ring (bicyclic) bond motifs is 1. The van der Waals surface area contributed by atoms with E-state index in [9.17, 15) is 55.5 Å². The van der Waals surface area contributed by atoms with Gasteiger partial charge < -0.3 is 64.6 Å². The van der Waals surface area contributed by atoms with Crippen LogP contribution in [0.25, 0.3) is 28.4 Å². The molecule has 0 bridgehead atoms. The average Bonchev–Trinajstić information content (AvgIpc) is 3.02. The fourth-order valence-corrected chi connectivity index (χ4v) is 4.48. The Bertz CT molecular complexity index is 1830. The summed E-state index contributed by atoms with van der Waals surface area (Å²) >= 11 is 0. The summed E-state index contributed by atoms with van der Waals surface area (Å²) in [6.45, 7) is -0.616. The van der Waals surface area contributed by atoms with Crippen LogP contribution in [0.3, 0.4) is 0 Å². The standard InChI is InChI=1S/C30H26O15/c31-14-5-1-12(2-6-14)3-8-20(34)42-11-19-23(36)26(39)28(41)30(45-19)44-18-10-17-21(24(37)22(18)35)25(38)27(40)29(43-17)13-4-7-15(32)16(33)9-13/h1-10,19,23,26,28,30-33,35-37,39-41H,11H2. The Morgan fingerprint density at radius 2 is 1.53 bits per heavy atom. The zero-order valence-corrected chi connectivity index (χ0v) is 22.8. The molecule has 3 aromatic carbocycles. The molecule has 1 aliphatic heterocycles. The second-order valence-corrected chi connectivity index (χ2v) is 9.94. The highest BCUT2D eigenvalue weighted by atomic mass is 16.7. The van der Waals surface area contributed by atoms with Crippen molar-refractivity contribution in [3.8, 4) is 51.6 Å². The molecule has 0 aliphatic carbocycles. The normalized spacial score (nSPS) is 21.6. The van der Waals surface area contributed by atoms with E-state index < -0.39 is 99.9 Å². The fourth-order valence-electron chi connectivity index (χ4n) is 4.48. The van der Waals surface area contributed by atoms with Crippen LogP contribution in [0.2, 0.25) is 0 Å². The first-order chi connectivity index (χ1) is 21.3. The number of aromatic hydroxyl groups is 6. The van der Waals surface area contributed by atoms with Crippen LogP contribution in [0.1, 0.15) is 5.56 Å². The third kappa shape index (κ3) is 6.13. The molecule has 0 saturated carbocycles. The number of aliphatic hydroxyl groups excluding tert-OH is 3. The summed E-state index contributed by atoms with van der Waals surface area (Å²) in [5.74, 6) is -6.12. The van der Waals surface area contributed by atoms with E-state index in [-0.39, 0.29) is 11.3 Å². The number of phenols is 5. The summed E-state index contributed by atoms with van der Waals surface area (Å²) < 4.78 is 21.6. The van der Waals surface area contributed by atoms with Crippen molar-refractivity contribution >= 4 is 23.0 Å². The number of aliphatic hydroxyl groups is 3. The van der Waals surface area contributed by atoms with Crippen molar-refractivity contribution in [3.63, 3.8) is 0 Å². The molecule has 0 amide bonds. The molecule has 1 fully saturated rings. The Labute approximate surface area is 251 Å². The zero-order valence-electron chi connectivity index (χ0n) is 22.8. The van der Waals surface area contributed by atoms with Crippen LogP contribution in [0, 0.1) is 0 Å². The molecule has 0 spiro atoms. The number of hydrogen-bond acceptors (Lipinski definition) is 15. The van der Waals surface area contributed by atoms with Gasteiger partial charge in [-0.05, 0) is 42.0 Å². The van der Waals surface area contributed by atoms with E-state index in [2.05, 4.69) is 0 Å². The summed E-state index contributed by atoms with van der Waals surface area (Å²) in [7, 11) is 0. The van der Waals surface area contributed by atoms with Crippen LogP contribution < -0.4 is 10.2 Å². The quantitative estimate of drug-likeness (QED) is 0.0791. The molecule has 0 radical (unpaired) electrons. The van der Waals surface area contributed by atoms with E-state index in [1.165, 1.54) is 24.3 Å². The minimum absolute atomic E-state index is 0.0340. The second-order valence-electron chi connectivity index (χ2n) is 9.94. The summed E-state index contributed by atoms with van der Waals surface area (Å²) in [6, 6.07) is 10.1. The minimum Gasteiger partial charge on any atom is -0.508 e. The van der Waals surface area contributed by atoms with Gasteiger partial charge in [-0.1, -0.05) is 12.1 Å². The molecule has 2 heterocycles. The predicted molar refractivity (Wildman–Crippen MR) is 152 cm³/mol. The van der Waals surface area contributed by atoms with Gasteiger partial charge in [0.25, 0.3) is 0 Å². The van der Waals surface area contributed by atoms with Gasteiger partial charge in [0.05, 0.1) is 0 Å². The van der Waals surface area contributed by atoms with Crippen LogP contribution in [-0.4, -0.2) is 89.2 Å². The molecular formula is C30H26O15. The third-order valence-corrected chi connectivity index (χ3v) is 6.92. The lowest BCUT2D eigenvalue weighted by molar-refractivity contribution is -0.278. The number of carbonyl (C=O) groups is 1. The molecule has 15 nitrogen and oxygen atoms in total. The van der Waals surface area contributed by atoms with Crippen molar-refractivity contribution in [2.24, 2.45) is 0 Å². The molecule has 1 saturated heterocycles. The maximum Gasteiger partial charge on any atom is 0.330 e. The number of ether oxygens (including phenoxy) is 3. The molecule has 236 valence electrons. The molecule has 1 aliphatic rings. The molecule has 9 N–H and O–H groups in total. The number of carbonyl (C=O) groups excluding carboxylic acids is 1. The SMILES string of the molecule is O=C(C=Cc1ccc(O)cc1)OCC1OC(Oc2cc3oc(-c4ccc(O)c(O)c4)c(O)c(=O)c3c(O)c2O)C(O)C(O)C1O. The second kappa shape index (κ2) is 12.3. The fraction of sp³-hybridized carbons (Fsp3) is 0.200. The first kappa shape index (κ1) is 31.0. The van der Waals surface area contributed by atoms with Crippen LogP contribution in [0.4, 0.5) is 0 Å². The highest BCUT2D eigenvalue weighted by molar-refractivity contribution is 5.91. The van der Waals surface area contributed by atoms with Crippen molar-refractivity contribution in [3.05, 3.63) is 70.4 Å². The smallest absolute Gasteiger partial charge is 0.330 e. The van der Waals surface area contributed by atoms with Gasteiger partial charge in [0, 0.05) is 17.7 Å².